The molecule has 7 nitrogen and oxygen atoms in total. The summed E-state index contributed by atoms with van der Waals surface area (Å²) in [6, 6.07) is 4.34. The fourth-order valence-electron chi connectivity index (χ4n) is 2.67. The van der Waals surface area contributed by atoms with Gasteiger partial charge in [0.2, 0.25) is 10.0 Å². The molecule has 0 unspecified atom stereocenters. The Morgan fingerprint density at radius 3 is 2.52 bits per heavy atom. The van der Waals surface area contributed by atoms with E-state index in [4.69, 9.17) is 14.6 Å². The summed E-state index contributed by atoms with van der Waals surface area (Å²) in [6.45, 7) is 0.203. The maximum atomic E-state index is 12.5. The van der Waals surface area contributed by atoms with Gasteiger partial charge < -0.3 is 14.6 Å². The van der Waals surface area contributed by atoms with Crippen LogP contribution in [0.4, 0.5) is 0 Å². The van der Waals surface area contributed by atoms with Crippen LogP contribution in [0.3, 0.4) is 0 Å². The summed E-state index contributed by atoms with van der Waals surface area (Å²) in [6.07, 6.45) is 2.01. The SMILES string of the molecule is COCC1(S(=O)(=O)NCc2ccc(C(=O)O)cc2OC)CCC1. The highest BCUT2D eigenvalue weighted by Crippen LogP contribution is 2.39. The van der Waals surface area contributed by atoms with Crippen molar-refractivity contribution in [2.45, 2.75) is 30.6 Å². The molecule has 0 bridgehead atoms. The van der Waals surface area contributed by atoms with E-state index in [1.165, 1.54) is 26.4 Å². The fraction of sp³-hybridized carbons (Fsp3) is 0.533. The normalized spacial score (nSPS) is 16.6. The van der Waals surface area contributed by atoms with Gasteiger partial charge in [-0.1, -0.05) is 12.5 Å². The molecule has 1 aromatic carbocycles. The number of ether oxygens (including phenoxy) is 2. The van der Waals surface area contributed by atoms with Crippen molar-refractivity contribution in [3.63, 3.8) is 0 Å². The average molecular weight is 343 g/mol. The molecule has 1 fully saturated rings. The van der Waals surface area contributed by atoms with Gasteiger partial charge in [-0.2, -0.15) is 0 Å². The molecule has 0 heterocycles. The van der Waals surface area contributed by atoms with E-state index >= 15 is 0 Å². The van der Waals surface area contributed by atoms with Gasteiger partial charge in [0.25, 0.3) is 0 Å². The first-order valence-corrected chi connectivity index (χ1v) is 8.72. The fourth-order valence-corrected chi connectivity index (χ4v) is 4.43. The van der Waals surface area contributed by atoms with Gasteiger partial charge in [0.15, 0.2) is 0 Å². The van der Waals surface area contributed by atoms with Crippen LogP contribution in [0.5, 0.6) is 5.75 Å². The molecule has 1 aliphatic rings. The summed E-state index contributed by atoms with van der Waals surface area (Å²) in [5.74, 6) is -0.731. The maximum Gasteiger partial charge on any atom is 0.335 e. The Balaban J connectivity index is 2.15. The molecule has 2 N–H and O–H groups in total. The molecule has 2 rings (SSSR count). The number of methoxy groups -OCH3 is 2. The molecular weight excluding hydrogens is 322 g/mol. The van der Waals surface area contributed by atoms with Gasteiger partial charge in [0, 0.05) is 19.2 Å². The molecule has 0 radical (unpaired) electrons. The molecule has 0 aliphatic heterocycles. The predicted octanol–water partition coefficient (Wildman–Crippen LogP) is 1.38. The second-order valence-electron chi connectivity index (χ2n) is 5.63. The third-order valence-electron chi connectivity index (χ3n) is 4.23. The number of aromatic carboxylic acids is 1. The Kier molecular flexibility index (Phi) is 5.28. The lowest BCUT2D eigenvalue weighted by atomic mass is 9.85. The molecule has 0 atom stereocenters. The van der Waals surface area contributed by atoms with Crippen LogP contribution < -0.4 is 9.46 Å². The lowest BCUT2D eigenvalue weighted by molar-refractivity contribution is 0.0696. The zero-order valence-corrected chi connectivity index (χ0v) is 14.0. The van der Waals surface area contributed by atoms with Crippen LogP contribution in [-0.4, -0.2) is 45.1 Å². The number of rotatable bonds is 8. The van der Waals surface area contributed by atoms with Crippen LogP contribution in [-0.2, 0) is 21.3 Å². The van der Waals surface area contributed by atoms with Gasteiger partial charge in [0.1, 0.15) is 10.5 Å². The van der Waals surface area contributed by atoms with Crippen LogP contribution in [0, 0.1) is 0 Å². The van der Waals surface area contributed by atoms with Gasteiger partial charge >= 0.3 is 5.97 Å². The van der Waals surface area contributed by atoms with Gasteiger partial charge in [-0.05, 0) is 25.0 Å². The largest absolute Gasteiger partial charge is 0.496 e. The summed E-state index contributed by atoms with van der Waals surface area (Å²) in [5, 5.41) is 8.98. The Labute approximate surface area is 135 Å². The van der Waals surface area contributed by atoms with Crippen molar-refractivity contribution in [3.05, 3.63) is 29.3 Å². The van der Waals surface area contributed by atoms with Crippen LogP contribution in [0.2, 0.25) is 0 Å². The topological polar surface area (TPSA) is 102 Å². The van der Waals surface area contributed by atoms with Gasteiger partial charge in [0.05, 0.1) is 19.3 Å². The van der Waals surface area contributed by atoms with Crippen LogP contribution in [0.1, 0.15) is 35.2 Å². The zero-order chi connectivity index (χ0) is 17.1. The minimum Gasteiger partial charge on any atom is -0.496 e. The van der Waals surface area contributed by atoms with Crippen molar-refractivity contribution in [1.82, 2.24) is 4.72 Å². The molecule has 128 valence electrons. The van der Waals surface area contributed by atoms with E-state index in [9.17, 15) is 13.2 Å². The Morgan fingerprint density at radius 1 is 1.35 bits per heavy atom. The second kappa shape index (κ2) is 6.86. The molecule has 1 aromatic rings. The maximum absolute atomic E-state index is 12.5. The summed E-state index contributed by atoms with van der Waals surface area (Å²) in [7, 11) is -0.640. The number of carboxylic acid groups (broad SMARTS) is 1. The van der Waals surface area contributed by atoms with Crippen molar-refractivity contribution in [1.29, 1.82) is 0 Å². The van der Waals surface area contributed by atoms with Crippen LogP contribution >= 0.6 is 0 Å². The monoisotopic (exact) mass is 343 g/mol. The summed E-state index contributed by atoms with van der Waals surface area (Å²) in [5.41, 5.74) is 0.663. The van der Waals surface area contributed by atoms with E-state index in [0.717, 1.165) is 6.42 Å². The van der Waals surface area contributed by atoms with Crippen molar-refractivity contribution in [2.24, 2.45) is 0 Å². The highest BCUT2D eigenvalue weighted by molar-refractivity contribution is 7.91. The van der Waals surface area contributed by atoms with Gasteiger partial charge in [-0.15, -0.1) is 0 Å². The molecule has 1 aliphatic carbocycles. The molecule has 8 heteroatoms. The number of sulfonamides is 1. The first-order chi connectivity index (χ1) is 10.8. The number of nitrogens with one attached hydrogen (secondary N) is 1. The molecule has 1 saturated carbocycles. The average Bonchev–Trinajstić information content (AvgIpc) is 2.48. The minimum atomic E-state index is -3.54. The standard InChI is InChI=1S/C15H21NO6S/c1-21-10-15(6-3-7-15)23(19,20)16-9-12-5-4-11(14(17)18)8-13(12)22-2/h4-5,8,16H,3,6-7,9-10H2,1-2H3,(H,17,18). The lowest BCUT2D eigenvalue weighted by Gasteiger charge is -2.40. The van der Waals surface area contributed by atoms with Crippen LogP contribution in [0.25, 0.3) is 0 Å². The third kappa shape index (κ3) is 3.49. The van der Waals surface area contributed by atoms with E-state index in [-0.39, 0.29) is 18.7 Å². The van der Waals surface area contributed by atoms with E-state index in [1.807, 2.05) is 0 Å². The van der Waals surface area contributed by atoms with E-state index in [1.54, 1.807) is 6.07 Å². The molecule has 0 aromatic heterocycles. The highest BCUT2D eigenvalue weighted by Gasteiger charge is 2.48. The predicted molar refractivity (Wildman–Crippen MR) is 84.2 cm³/mol. The molecule has 0 amide bonds. The molecule has 0 spiro atoms. The van der Waals surface area contributed by atoms with Crippen molar-refractivity contribution >= 4 is 16.0 Å². The summed E-state index contributed by atoms with van der Waals surface area (Å²) >= 11 is 0. The zero-order valence-electron chi connectivity index (χ0n) is 13.2. The summed E-state index contributed by atoms with van der Waals surface area (Å²) < 4.78 is 37.0. The number of carbonyl (C=O) groups is 1. The smallest absolute Gasteiger partial charge is 0.335 e. The lowest BCUT2D eigenvalue weighted by Crippen LogP contribution is -2.53. The summed E-state index contributed by atoms with van der Waals surface area (Å²) in [4.78, 5) is 11.0. The van der Waals surface area contributed by atoms with Gasteiger partial charge in [-0.3, -0.25) is 0 Å². The number of benzene rings is 1. The first kappa shape index (κ1) is 17.7. The number of carboxylic acids is 1. The quantitative estimate of drug-likeness (QED) is 0.739. The van der Waals surface area contributed by atoms with Crippen molar-refractivity contribution < 1.29 is 27.8 Å². The molecule has 0 saturated heterocycles. The van der Waals surface area contributed by atoms with Crippen molar-refractivity contribution in [3.8, 4) is 5.75 Å². The Hall–Kier alpha value is -1.64. The van der Waals surface area contributed by atoms with Gasteiger partial charge in [-0.25, -0.2) is 17.9 Å². The highest BCUT2D eigenvalue weighted by atomic mass is 32.2. The van der Waals surface area contributed by atoms with Crippen LogP contribution in [0.15, 0.2) is 18.2 Å². The molecular formula is C15H21NO6S. The van der Waals surface area contributed by atoms with E-state index in [0.29, 0.717) is 24.2 Å². The Morgan fingerprint density at radius 2 is 2.04 bits per heavy atom. The second-order valence-corrected chi connectivity index (χ2v) is 7.79. The van der Waals surface area contributed by atoms with E-state index < -0.39 is 20.7 Å². The molecule has 23 heavy (non-hydrogen) atoms. The Bertz CT molecular complexity index is 681. The van der Waals surface area contributed by atoms with Crippen molar-refractivity contribution in [2.75, 3.05) is 20.8 Å². The number of hydrogen-bond donors (Lipinski definition) is 2. The number of hydrogen-bond acceptors (Lipinski definition) is 5. The first-order valence-electron chi connectivity index (χ1n) is 7.23. The minimum absolute atomic E-state index is 0.0386. The third-order valence-corrected chi connectivity index (χ3v) is 6.42. The van der Waals surface area contributed by atoms with E-state index in [2.05, 4.69) is 4.72 Å².